The zero-order valence-corrected chi connectivity index (χ0v) is 20.6. The van der Waals surface area contributed by atoms with Crippen LogP contribution in [0.5, 0.6) is 11.5 Å². The van der Waals surface area contributed by atoms with E-state index in [2.05, 4.69) is 10.6 Å². The van der Waals surface area contributed by atoms with Crippen molar-refractivity contribution in [1.29, 1.82) is 0 Å². The van der Waals surface area contributed by atoms with Crippen LogP contribution >= 0.6 is 0 Å². The van der Waals surface area contributed by atoms with Gasteiger partial charge in [0, 0.05) is 47.0 Å². The van der Waals surface area contributed by atoms with E-state index in [1.807, 2.05) is 43.3 Å². The normalized spacial score (nSPS) is 17.8. The highest BCUT2D eigenvalue weighted by molar-refractivity contribution is 6.06. The summed E-state index contributed by atoms with van der Waals surface area (Å²) in [5, 5.41) is 6.24. The number of methoxy groups -OCH3 is 1. The highest BCUT2D eigenvalue weighted by Gasteiger charge is 2.40. The molecule has 0 aromatic heterocycles. The van der Waals surface area contributed by atoms with E-state index >= 15 is 0 Å². The summed E-state index contributed by atoms with van der Waals surface area (Å²) in [5.74, 6) is 0.349. The molecular weight excluding hydrogens is 456 g/mol. The number of hydrogen-bond donors (Lipinski definition) is 2. The average molecular weight is 487 g/mol. The molecule has 7 nitrogen and oxygen atoms in total. The summed E-state index contributed by atoms with van der Waals surface area (Å²) < 4.78 is 11.4. The van der Waals surface area contributed by atoms with E-state index in [0.717, 1.165) is 48.2 Å². The Kier molecular flexibility index (Phi) is 6.63. The lowest BCUT2D eigenvalue weighted by molar-refractivity contribution is -0.118. The molecule has 5 rings (SSSR count). The number of aryl methyl sites for hydroxylation is 1. The van der Waals surface area contributed by atoms with E-state index in [0.29, 0.717) is 41.2 Å². The van der Waals surface area contributed by atoms with E-state index in [1.54, 1.807) is 6.07 Å². The van der Waals surface area contributed by atoms with Gasteiger partial charge in [-0.3, -0.25) is 14.4 Å². The summed E-state index contributed by atoms with van der Waals surface area (Å²) in [7, 11) is 1.54. The molecule has 2 aromatic carbocycles. The summed E-state index contributed by atoms with van der Waals surface area (Å²) >= 11 is 0. The second-order valence-corrected chi connectivity index (χ2v) is 9.51. The van der Waals surface area contributed by atoms with E-state index in [1.165, 1.54) is 7.11 Å². The van der Waals surface area contributed by atoms with Crippen molar-refractivity contribution < 1.29 is 23.9 Å². The number of dihydropyridines is 1. The van der Waals surface area contributed by atoms with Gasteiger partial charge in [0.15, 0.2) is 29.7 Å². The molecule has 1 heterocycles. The Morgan fingerprint density at radius 1 is 0.917 bits per heavy atom. The number of allylic oxidation sites excluding steroid dienone is 4. The summed E-state index contributed by atoms with van der Waals surface area (Å²) in [6, 6.07) is 13.0. The number of ketones is 2. The lowest BCUT2D eigenvalue weighted by Crippen LogP contribution is -2.36. The summed E-state index contributed by atoms with van der Waals surface area (Å²) in [5.41, 5.74) is 5.90. The number of ether oxygens (including phenoxy) is 2. The molecule has 7 heteroatoms. The lowest BCUT2D eigenvalue weighted by Gasteiger charge is -2.37. The molecule has 2 aliphatic carbocycles. The third-order valence-electron chi connectivity index (χ3n) is 7.01. The van der Waals surface area contributed by atoms with E-state index in [9.17, 15) is 14.4 Å². The van der Waals surface area contributed by atoms with Crippen LogP contribution in [-0.2, 0) is 14.4 Å². The van der Waals surface area contributed by atoms with Crippen molar-refractivity contribution in [2.45, 2.75) is 51.4 Å². The third kappa shape index (κ3) is 4.65. The molecule has 2 aromatic rings. The van der Waals surface area contributed by atoms with Crippen molar-refractivity contribution in [2.24, 2.45) is 0 Å². The highest BCUT2D eigenvalue weighted by atomic mass is 16.5. The molecule has 0 spiro atoms. The quantitative estimate of drug-likeness (QED) is 0.614. The van der Waals surface area contributed by atoms with Crippen LogP contribution in [0.1, 0.15) is 55.6 Å². The number of anilines is 1. The molecule has 0 saturated carbocycles. The Labute approximate surface area is 210 Å². The first-order valence-electron chi connectivity index (χ1n) is 12.4. The predicted molar refractivity (Wildman–Crippen MR) is 136 cm³/mol. The summed E-state index contributed by atoms with van der Waals surface area (Å²) in [6.45, 7) is 1.80. The fourth-order valence-electron chi connectivity index (χ4n) is 5.28. The molecular formula is C29H30N2O5. The Morgan fingerprint density at radius 2 is 1.56 bits per heavy atom. The number of Topliss-reactive ketones (excluding diaryl/α,β-unsaturated/α-hetero) is 2. The van der Waals surface area contributed by atoms with Crippen molar-refractivity contribution in [1.82, 2.24) is 5.32 Å². The molecule has 0 fully saturated rings. The third-order valence-corrected chi connectivity index (χ3v) is 7.01. The minimum atomic E-state index is -0.412. The maximum Gasteiger partial charge on any atom is 0.262 e. The maximum atomic E-state index is 13.0. The number of nitrogens with one attached hydrogen (secondary N) is 2. The number of benzene rings is 2. The number of rotatable bonds is 6. The van der Waals surface area contributed by atoms with Crippen LogP contribution in [-0.4, -0.2) is 31.2 Å². The van der Waals surface area contributed by atoms with E-state index in [4.69, 9.17) is 9.47 Å². The van der Waals surface area contributed by atoms with Gasteiger partial charge in [-0.05, 0) is 62.4 Å². The fourth-order valence-corrected chi connectivity index (χ4v) is 5.28. The SMILES string of the molecule is COc1cc(C2C3=C(CCCC3=O)NC3=C2C(=O)CCC3)ccc1OCC(=O)Nc1ccc(C)cc1. The monoisotopic (exact) mass is 486 g/mol. The van der Waals surface area contributed by atoms with Crippen LogP contribution in [0.15, 0.2) is 65.0 Å². The summed E-state index contributed by atoms with van der Waals surface area (Å²) in [4.78, 5) is 38.5. The maximum absolute atomic E-state index is 13.0. The molecule has 186 valence electrons. The van der Waals surface area contributed by atoms with Crippen molar-refractivity contribution in [3.05, 3.63) is 76.1 Å². The number of carbonyl (C=O) groups is 3. The number of amides is 1. The Morgan fingerprint density at radius 3 is 2.17 bits per heavy atom. The van der Waals surface area contributed by atoms with Crippen molar-refractivity contribution >= 4 is 23.2 Å². The molecule has 36 heavy (non-hydrogen) atoms. The minimum Gasteiger partial charge on any atom is -0.493 e. The van der Waals surface area contributed by atoms with Gasteiger partial charge in [-0.15, -0.1) is 0 Å². The van der Waals surface area contributed by atoms with E-state index in [-0.39, 0.29) is 24.1 Å². The second kappa shape index (κ2) is 10.0. The molecule has 1 aliphatic heterocycles. The fraction of sp³-hybridized carbons (Fsp3) is 0.345. The van der Waals surface area contributed by atoms with Crippen LogP contribution in [0.25, 0.3) is 0 Å². The van der Waals surface area contributed by atoms with Crippen molar-refractivity contribution in [2.75, 3.05) is 19.0 Å². The lowest BCUT2D eigenvalue weighted by atomic mass is 9.71. The van der Waals surface area contributed by atoms with Crippen LogP contribution in [0.3, 0.4) is 0 Å². The van der Waals surface area contributed by atoms with Gasteiger partial charge >= 0.3 is 0 Å². The predicted octanol–water partition coefficient (Wildman–Crippen LogP) is 4.72. The van der Waals surface area contributed by atoms with Crippen molar-refractivity contribution in [3.63, 3.8) is 0 Å². The van der Waals surface area contributed by atoms with Gasteiger partial charge in [0.1, 0.15) is 0 Å². The van der Waals surface area contributed by atoms with Crippen LogP contribution in [0.2, 0.25) is 0 Å². The molecule has 0 unspecified atom stereocenters. The van der Waals surface area contributed by atoms with Gasteiger partial charge in [-0.2, -0.15) is 0 Å². The van der Waals surface area contributed by atoms with Gasteiger partial charge < -0.3 is 20.1 Å². The van der Waals surface area contributed by atoms with Gasteiger partial charge in [0.2, 0.25) is 0 Å². The zero-order chi connectivity index (χ0) is 25.2. The largest absolute Gasteiger partial charge is 0.493 e. The van der Waals surface area contributed by atoms with Gasteiger partial charge in [0.05, 0.1) is 7.11 Å². The Bertz CT molecular complexity index is 1250. The van der Waals surface area contributed by atoms with Crippen LogP contribution < -0.4 is 20.1 Å². The topological polar surface area (TPSA) is 93.7 Å². The molecule has 2 N–H and O–H groups in total. The first kappa shape index (κ1) is 23.9. The molecule has 3 aliphatic rings. The molecule has 0 bridgehead atoms. The number of hydrogen-bond acceptors (Lipinski definition) is 6. The molecule has 0 saturated heterocycles. The first-order valence-corrected chi connectivity index (χ1v) is 12.4. The van der Waals surface area contributed by atoms with Gasteiger partial charge in [-0.1, -0.05) is 23.8 Å². The van der Waals surface area contributed by atoms with Gasteiger partial charge in [-0.25, -0.2) is 0 Å². The van der Waals surface area contributed by atoms with E-state index < -0.39 is 5.92 Å². The summed E-state index contributed by atoms with van der Waals surface area (Å²) in [6.07, 6.45) is 4.21. The molecule has 0 radical (unpaired) electrons. The minimum absolute atomic E-state index is 0.0887. The average Bonchev–Trinajstić information content (AvgIpc) is 2.88. The Balaban J connectivity index is 1.40. The zero-order valence-electron chi connectivity index (χ0n) is 20.6. The molecule has 1 amide bonds. The van der Waals surface area contributed by atoms with Crippen LogP contribution in [0.4, 0.5) is 5.69 Å². The standard InChI is InChI=1S/C29H30N2O5/c1-17-9-12-19(13-10-17)30-26(34)16-36-24-14-11-18(15-25(24)35-2)27-28-20(5-3-7-22(28)32)31-21-6-4-8-23(33)29(21)27/h9-15,27,31H,3-8,16H2,1-2H3,(H,30,34). The first-order chi connectivity index (χ1) is 17.4. The molecule has 0 atom stereocenters. The highest BCUT2D eigenvalue weighted by Crippen LogP contribution is 2.46. The Hall–Kier alpha value is -3.87. The van der Waals surface area contributed by atoms with Crippen LogP contribution in [0, 0.1) is 6.92 Å². The van der Waals surface area contributed by atoms with Gasteiger partial charge in [0.25, 0.3) is 5.91 Å². The smallest absolute Gasteiger partial charge is 0.262 e. The number of carbonyl (C=O) groups excluding carboxylic acids is 3. The second-order valence-electron chi connectivity index (χ2n) is 9.51. The van der Waals surface area contributed by atoms with Crippen molar-refractivity contribution in [3.8, 4) is 11.5 Å².